The Morgan fingerprint density at radius 3 is 2.55 bits per heavy atom. The summed E-state index contributed by atoms with van der Waals surface area (Å²) in [5.74, 6) is -0.759. The van der Waals surface area contributed by atoms with Crippen LogP contribution in [0.5, 0.6) is 0 Å². The third-order valence-corrected chi connectivity index (χ3v) is 4.15. The zero-order valence-corrected chi connectivity index (χ0v) is 12.4. The van der Waals surface area contributed by atoms with E-state index in [-0.39, 0.29) is 20.9 Å². The molecule has 106 valence electrons. The molecule has 9 heteroatoms. The van der Waals surface area contributed by atoms with Crippen LogP contribution in [0.1, 0.15) is 5.56 Å². The Morgan fingerprint density at radius 2 is 1.95 bits per heavy atom. The number of aryl methyl sites for hydroxylation is 1. The quantitative estimate of drug-likeness (QED) is 0.875. The monoisotopic (exact) mass is 335 g/mol. The van der Waals surface area contributed by atoms with Crippen LogP contribution in [0.2, 0.25) is 10.3 Å². The van der Waals surface area contributed by atoms with Crippen molar-refractivity contribution in [2.24, 2.45) is 0 Å². The van der Waals surface area contributed by atoms with Crippen LogP contribution in [0.3, 0.4) is 0 Å². The molecule has 0 atom stereocenters. The van der Waals surface area contributed by atoms with Crippen molar-refractivity contribution in [2.75, 3.05) is 4.72 Å². The van der Waals surface area contributed by atoms with E-state index in [2.05, 4.69) is 14.7 Å². The molecule has 0 fully saturated rings. The van der Waals surface area contributed by atoms with Crippen molar-refractivity contribution in [1.29, 1.82) is 0 Å². The highest BCUT2D eigenvalue weighted by Gasteiger charge is 2.19. The summed E-state index contributed by atoms with van der Waals surface area (Å²) in [6.45, 7) is 1.61. The van der Waals surface area contributed by atoms with Crippen molar-refractivity contribution in [1.82, 2.24) is 9.97 Å². The van der Waals surface area contributed by atoms with Gasteiger partial charge in [-0.2, -0.15) is 0 Å². The molecule has 20 heavy (non-hydrogen) atoms. The zero-order valence-electron chi connectivity index (χ0n) is 10.1. The van der Waals surface area contributed by atoms with Gasteiger partial charge in [0.05, 0.1) is 11.9 Å². The van der Waals surface area contributed by atoms with E-state index in [9.17, 15) is 12.8 Å². The predicted molar refractivity (Wildman–Crippen MR) is 74.0 cm³/mol. The maximum absolute atomic E-state index is 13.0. The first-order chi connectivity index (χ1) is 9.29. The van der Waals surface area contributed by atoms with Crippen LogP contribution in [0.25, 0.3) is 0 Å². The lowest BCUT2D eigenvalue weighted by molar-refractivity contribution is 0.592. The van der Waals surface area contributed by atoms with E-state index < -0.39 is 15.8 Å². The van der Waals surface area contributed by atoms with Gasteiger partial charge in [0, 0.05) is 6.20 Å². The molecule has 0 saturated carbocycles. The zero-order chi connectivity index (χ0) is 14.9. The summed E-state index contributed by atoms with van der Waals surface area (Å²) >= 11 is 11.5. The molecule has 2 rings (SSSR count). The number of nitrogens with one attached hydrogen (secondary N) is 1. The molecule has 0 unspecified atom stereocenters. The summed E-state index contributed by atoms with van der Waals surface area (Å²) in [7, 11) is -4.01. The summed E-state index contributed by atoms with van der Waals surface area (Å²) in [4.78, 5) is 6.91. The Hall–Kier alpha value is -1.44. The molecule has 0 radical (unpaired) electrons. The Kier molecular flexibility index (Phi) is 4.12. The highest BCUT2D eigenvalue weighted by Crippen LogP contribution is 2.28. The second-order valence-corrected chi connectivity index (χ2v) is 6.30. The van der Waals surface area contributed by atoms with Crippen LogP contribution in [-0.2, 0) is 10.0 Å². The largest absolute Gasteiger partial charge is 0.276 e. The number of sulfonamides is 1. The van der Waals surface area contributed by atoms with Gasteiger partial charge in [-0.25, -0.2) is 17.8 Å². The number of aromatic nitrogens is 2. The lowest BCUT2D eigenvalue weighted by Gasteiger charge is -2.11. The van der Waals surface area contributed by atoms with E-state index in [1.807, 2.05) is 0 Å². The van der Waals surface area contributed by atoms with Gasteiger partial charge in [0.25, 0.3) is 10.0 Å². The molecule has 0 aromatic carbocycles. The van der Waals surface area contributed by atoms with Crippen molar-refractivity contribution in [3.63, 3.8) is 0 Å². The van der Waals surface area contributed by atoms with Crippen LogP contribution < -0.4 is 4.72 Å². The average Bonchev–Trinajstić information content (AvgIpc) is 2.34. The molecule has 1 N–H and O–H groups in total. The van der Waals surface area contributed by atoms with Gasteiger partial charge in [-0.1, -0.05) is 23.2 Å². The number of rotatable bonds is 3. The molecule has 2 aromatic heterocycles. The highest BCUT2D eigenvalue weighted by atomic mass is 35.5. The second kappa shape index (κ2) is 5.51. The number of pyridine rings is 2. The van der Waals surface area contributed by atoms with Gasteiger partial charge in [-0.15, -0.1) is 0 Å². The topological polar surface area (TPSA) is 72.0 Å². The number of halogens is 3. The van der Waals surface area contributed by atoms with E-state index in [0.29, 0.717) is 5.56 Å². The lowest BCUT2D eigenvalue weighted by Crippen LogP contribution is -2.15. The van der Waals surface area contributed by atoms with Gasteiger partial charge in [-0.3, -0.25) is 9.71 Å². The highest BCUT2D eigenvalue weighted by molar-refractivity contribution is 7.92. The van der Waals surface area contributed by atoms with Gasteiger partial charge in [0.1, 0.15) is 15.9 Å². The standard InChI is InChI=1S/C11H8Cl2FN3O2S/c1-6-2-9(12)16-11(13)10(6)17-20(18,19)8-3-7(14)4-15-5-8/h2-5,17H,1H3. The summed E-state index contributed by atoms with van der Waals surface area (Å²) in [6, 6.07) is 2.30. The Labute approximate surface area is 124 Å². The van der Waals surface area contributed by atoms with Crippen LogP contribution in [0.4, 0.5) is 10.1 Å². The summed E-state index contributed by atoms with van der Waals surface area (Å²) < 4.78 is 39.5. The maximum atomic E-state index is 13.0. The molecule has 0 aliphatic carbocycles. The fraction of sp³-hybridized carbons (Fsp3) is 0.0909. The summed E-state index contributed by atoms with van der Waals surface area (Å²) in [5.41, 5.74) is 0.572. The molecular weight excluding hydrogens is 328 g/mol. The predicted octanol–water partition coefficient (Wildman–Crippen LogP) is 3.03. The second-order valence-electron chi connectivity index (χ2n) is 3.87. The first-order valence-corrected chi connectivity index (χ1v) is 7.49. The third kappa shape index (κ3) is 3.17. The van der Waals surface area contributed by atoms with Crippen molar-refractivity contribution >= 4 is 38.9 Å². The lowest BCUT2D eigenvalue weighted by atomic mass is 10.3. The molecule has 5 nitrogen and oxygen atoms in total. The normalized spacial score (nSPS) is 11.4. The van der Waals surface area contributed by atoms with Gasteiger partial charge in [-0.05, 0) is 24.6 Å². The summed E-state index contributed by atoms with van der Waals surface area (Å²) in [5, 5.41) is 0.0470. The molecule has 2 heterocycles. The molecule has 0 aliphatic heterocycles. The minimum absolute atomic E-state index is 0.0836. The minimum Gasteiger partial charge on any atom is -0.276 e. The summed E-state index contributed by atoms with van der Waals surface area (Å²) in [6.07, 6.45) is 1.93. The maximum Gasteiger partial charge on any atom is 0.263 e. The van der Waals surface area contributed by atoms with E-state index in [1.54, 1.807) is 6.92 Å². The molecule has 0 saturated heterocycles. The number of hydrogen-bond acceptors (Lipinski definition) is 4. The van der Waals surface area contributed by atoms with Crippen LogP contribution >= 0.6 is 23.2 Å². The van der Waals surface area contributed by atoms with Gasteiger partial charge >= 0.3 is 0 Å². The number of anilines is 1. The number of hydrogen-bond donors (Lipinski definition) is 1. The van der Waals surface area contributed by atoms with Crippen molar-refractivity contribution in [3.8, 4) is 0 Å². The molecule has 0 aliphatic rings. The first-order valence-electron chi connectivity index (χ1n) is 5.25. The molecule has 0 amide bonds. The van der Waals surface area contributed by atoms with E-state index in [4.69, 9.17) is 23.2 Å². The van der Waals surface area contributed by atoms with Gasteiger partial charge in [0.15, 0.2) is 5.15 Å². The minimum atomic E-state index is -4.01. The van der Waals surface area contributed by atoms with Gasteiger partial charge < -0.3 is 0 Å². The third-order valence-electron chi connectivity index (χ3n) is 2.37. The average molecular weight is 336 g/mol. The van der Waals surface area contributed by atoms with Crippen LogP contribution in [0.15, 0.2) is 29.4 Å². The van der Waals surface area contributed by atoms with E-state index >= 15 is 0 Å². The fourth-order valence-electron chi connectivity index (χ4n) is 1.45. The van der Waals surface area contributed by atoms with Crippen molar-refractivity contribution in [2.45, 2.75) is 11.8 Å². The molecule has 2 aromatic rings. The Balaban J connectivity index is 2.44. The van der Waals surface area contributed by atoms with E-state index in [0.717, 1.165) is 18.5 Å². The Bertz CT molecular complexity index is 745. The fourth-order valence-corrected chi connectivity index (χ4v) is 3.20. The van der Waals surface area contributed by atoms with Gasteiger partial charge in [0.2, 0.25) is 0 Å². The SMILES string of the molecule is Cc1cc(Cl)nc(Cl)c1NS(=O)(=O)c1cncc(F)c1. The van der Waals surface area contributed by atoms with Crippen molar-refractivity contribution < 1.29 is 12.8 Å². The smallest absolute Gasteiger partial charge is 0.263 e. The molecular formula is C11H8Cl2FN3O2S. The first kappa shape index (κ1) is 15.0. The van der Waals surface area contributed by atoms with Crippen LogP contribution in [0, 0.1) is 12.7 Å². The Morgan fingerprint density at radius 1 is 1.25 bits per heavy atom. The molecule has 0 bridgehead atoms. The van der Waals surface area contributed by atoms with Crippen LogP contribution in [-0.4, -0.2) is 18.4 Å². The number of nitrogens with zero attached hydrogens (tertiary/aromatic N) is 2. The van der Waals surface area contributed by atoms with Crippen molar-refractivity contribution in [3.05, 3.63) is 46.2 Å². The van der Waals surface area contributed by atoms with E-state index in [1.165, 1.54) is 6.07 Å². The molecule has 0 spiro atoms.